The lowest BCUT2D eigenvalue weighted by Crippen LogP contribution is -2.19. The Hall–Kier alpha value is -2.17. The number of hydrogen-bond acceptors (Lipinski definition) is 4. The van der Waals surface area contributed by atoms with Gasteiger partial charge in [-0.15, -0.1) is 0 Å². The molecular formula is C12H11N3O2. The molecule has 5 heteroatoms. The molecule has 0 spiro atoms. The summed E-state index contributed by atoms with van der Waals surface area (Å²) < 4.78 is 5.05. The Labute approximate surface area is 97.8 Å². The zero-order valence-corrected chi connectivity index (χ0v) is 9.36. The lowest BCUT2D eigenvalue weighted by atomic mass is 10.0. The highest BCUT2D eigenvalue weighted by Gasteiger charge is 2.18. The van der Waals surface area contributed by atoms with Crippen molar-refractivity contribution < 1.29 is 9.53 Å². The van der Waals surface area contributed by atoms with Gasteiger partial charge in [0, 0.05) is 24.1 Å². The van der Waals surface area contributed by atoms with Gasteiger partial charge in [0.1, 0.15) is 0 Å². The number of aryl methyl sites for hydroxylation is 1. The smallest absolute Gasteiger partial charge is 0.224 e. The first-order valence-electron chi connectivity index (χ1n) is 5.40. The van der Waals surface area contributed by atoms with Crippen molar-refractivity contribution >= 4 is 22.6 Å². The van der Waals surface area contributed by atoms with E-state index in [-0.39, 0.29) is 5.91 Å². The second-order valence-electron chi connectivity index (χ2n) is 3.93. The Kier molecular flexibility index (Phi) is 2.18. The summed E-state index contributed by atoms with van der Waals surface area (Å²) in [4.78, 5) is 19.9. The van der Waals surface area contributed by atoms with Crippen molar-refractivity contribution in [2.24, 2.45) is 0 Å². The fourth-order valence-electron chi connectivity index (χ4n) is 2.00. The number of nitrogens with zero attached hydrogens (tertiary/aromatic N) is 2. The minimum Gasteiger partial charge on any atom is -0.481 e. The molecule has 0 bridgehead atoms. The Balaban J connectivity index is 2.23. The number of fused-ring (bicyclic) bond motifs is 3. The van der Waals surface area contributed by atoms with Gasteiger partial charge in [-0.2, -0.15) is 4.98 Å². The number of carbonyl (C=O) groups excluding carboxylic acids is 1. The van der Waals surface area contributed by atoms with E-state index in [9.17, 15) is 4.79 Å². The van der Waals surface area contributed by atoms with Crippen LogP contribution in [0.15, 0.2) is 18.3 Å². The van der Waals surface area contributed by atoms with E-state index in [1.807, 2.05) is 6.07 Å². The lowest BCUT2D eigenvalue weighted by Gasteiger charge is -2.17. The zero-order valence-electron chi connectivity index (χ0n) is 9.36. The van der Waals surface area contributed by atoms with E-state index in [1.165, 1.54) is 0 Å². The van der Waals surface area contributed by atoms with Crippen LogP contribution in [0.25, 0.3) is 11.0 Å². The number of hydrogen-bond donors (Lipinski definition) is 1. The number of nitrogens with one attached hydrogen (secondary N) is 1. The molecule has 0 atom stereocenters. The molecule has 0 unspecified atom stereocenters. The topological polar surface area (TPSA) is 64.1 Å². The van der Waals surface area contributed by atoms with Crippen molar-refractivity contribution in [3.8, 4) is 5.88 Å². The maximum atomic E-state index is 11.4. The third-order valence-corrected chi connectivity index (χ3v) is 2.88. The number of anilines is 1. The average molecular weight is 229 g/mol. The van der Waals surface area contributed by atoms with Crippen LogP contribution in [0.5, 0.6) is 5.88 Å². The normalized spacial score (nSPS) is 14.3. The van der Waals surface area contributed by atoms with Crippen LogP contribution in [0.3, 0.4) is 0 Å². The molecule has 0 aromatic carbocycles. The molecule has 1 aliphatic rings. The first-order valence-corrected chi connectivity index (χ1v) is 5.40. The fourth-order valence-corrected chi connectivity index (χ4v) is 2.00. The summed E-state index contributed by atoms with van der Waals surface area (Å²) in [5.74, 6) is 0.563. The van der Waals surface area contributed by atoms with Gasteiger partial charge in [0.25, 0.3) is 0 Å². The SMILES string of the molecule is COc1ccc2c3c(cnc2n1)CCC(=O)N3. The highest BCUT2D eigenvalue weighted by atomic mass is 16.5. The van der Waals surface area contributed by atoms with Gasteiger partial charge in [-0.3, -0.25) is 4.79 Å². The lowest BCUT2D eigenvalue weighted by molar-refractivity contribution is -0.116. The van der Waals surface area contributed by atoms with E-state index in [0.717, 1.165) is 23.1 Å². The second kappa shape index (κ2) is 3.69. The van der Waals surface area contributed by atoms with Crippen LogP contribution in [0.4, 0.5) is 5.69 Å². The molecule has 0 radical (unpaired) electrons. The highest BCUT2D eigenvalue weighted by molar-refractivity contribution is 6.03. The second-order valence-corrected chi connectivity index (χ2v) is 3.93. The summed E-state index contributed by atoms with van der Waals surface area (Å²) in [5, 5.41) is 3.74. The van der Waals surface area contributed by atoms with Crippen LogP contribution in [0.2, 0.25) is 0 Å². The van der Waals surface area contributed by atoms with E-state index in [2.05, 4.69) is 15.3 Å². The van der Waals surface area contributed by atoms with E-state index in [1.54, 1.807) is 19.4 Å². The van der Waals surface area contributed by atoms with Crippen LogP contribution < -0.4 is 10.1 Å². The molecule has 0 aliphatic carbocycles. The van der Waals surface area contributed by atoms with Gasteiger partial charge in [-0.1, -0.05) is 0 Å². The molecule has 0 saturated carbocycles. The van der Waals surface area contributed by atoms with Crippen LogP contribution >= 0.6 is 0 Å². The molecule has 0 fully saturated rings. The Morgan fingerprint density at radius 2 is 2.24 bits per heavy atom. The maximum absolute atomic E-state index is 11.4. The third-order valence-electron chi connectivity index (χ3n) is 2.88. The summed E-state index contributed by atoms with van der Waals surface area (Å²) in [6.45, 7) is 0. The Bertz CT molecular complexity index is 610. The summed E-state index contributed by atoms with van der Waals surface area (Å²) in [5.41, 5.74) is 2.48. The van der Waals surface area contributed by atoms with Crippen LogP contribution in [-0.2, 0) is 11.2 Å². The third kappa shape index (κ3) is 1.60. The molecular weight excluding hydrogens is 218 g/mol. The minimum absolute atomic E-state index is 0.0424. The molecule has 3 heterocycles. The van der Waals surface area contributed by atoms with Crippen molar-refractivity contribution in [3.05, 3.63) is 23.9 Å². The average Bonchev–Trinajstić information content (AvgIpc) is 2.37. The summed E-state index contributed by atoms with van der Waals surface area (Å²) in [7, 11) is 1.56. The first-order chi connectivity index (χ1) is 8.28. The highest BCUT2D eigenvalue weighted by Crippen LogP contribution is 2.29. The standard InChI is InChI=1S/C12H11N3O2/c1-17-10-5-3-8-11-7(2-4-9(16)14-11)6-13-12(8)15-10/h3,5-6H,2,4H2,1H3,(H,14,16). The summed E-state index contributed by atoms with van der Waals surface area (Å²) >= 11 is 0. The number of amides is 1. The van der Waals surface area contributed by atoms with E-state index in [0.29, 0.717) is 17.9 Å². The van der Waals surface area contributed by atoms with Gasteiger partial charge in [-0.05, 0) is 18.1 Å². The van der Waals surface area contributed by atoms with Gasteiger partial charge >= 0.3 is 0 Å². The van der Waals surface area contributed by atoms with Crippen molar-refractivity contribution in [2.75, 3.05) is 12.4 Å². The number of rotatable bonds is 1. The van der Waals surface area contributed by atoms with Crippen molar-refractivity contribution in [3.63, 3.8) is 0 Å². The Morgan fingerprint density at radius 1 is 1.35 bits per heavy atom. The minimum atomic E-state index is 0.0424. The molecule has 2 aromatic rings. The van der Waals surface area contributed by atoms with E-state index in [4.69, 9.17) is 4.74 Å². The number of ether oxygens (including phenoxy) is 1. The van der Waals surface area contributed by atoms with Crippen molar-refractivity contribution in [1.82, 2.24) is 9.97 Å². The summed E-state index contributed by atoms with van der Waals surface area (Å²) in [6, 6.07) is 3.64. The Morgan fingerprint density at radius 3 is 3.06 bits per heavy atom. The molecule has 1 aliphatic heterocycles. The first kappa shape index (κ1) is 10.0. The van der Waals surface area contributed by atoms with E-state index < -0.39 is 0 Å². The van der Waals surface area contributed by atoms with Crippen LogP contribution in [0.1, 0.15) is 12.0 Å². The van der Waals surface area contributed by atoms with Gasteiger partial charge in [0.05, 0.1) is 12.8 Å². The monoisotopic (exact) mass is 229 g/mol. The number of methoxy groups -OCH3 is 1. The van der Waals surface area contributed by atoms with E-state index >= 15 is 0 Å². The molecule has 1 amide bonds. The van der Waals surface area contributed by atoms with Crippen molar-refractivity contribution in [1.29, 1.82) is 0 Å². The summed E-state index contributed by atoms with van der Waals surface area (Å²) in [6.07, 6.45) is 3.02. The largest absolute Gasteiger partial charge is 0.481 e. The molecule has 17 heavy (non-hydrogen) atoms. The van der Waals surface area contributed by atoms with Gasteiger partial charge in [-0.25, -0.2) is 4.98 Å². The number of aromatic nitrogens is 2. The van der Waals surface area contributed by atoms with Crippen LogP contribution in [0, 0.1) is 0 Å². The number of carbonyl (C=O) groups is 1. The maximum Gasteiger partial charge on any atom is 0.224 e. The van der Waals surface area contributed by atoms with Gasteiger partial charge < -0.3 is 10.1 Å². The molecule has 5 nitrogen and oxygen atoms in total. The molecule has 1 N–H and O–H groups in total. The van der Waals surface area contributed by atoms with Crippen LogP contribution in [-0.4, -0.2) is 23.0 Å². The molecule has 86 valence electrons. The predicted molar refractivity (Wildman–Crippen MR) is 63.0 cm³/mol. The number of pyridine rings is 2. The molecule has 0 saturated heterocycles. The van der Waals surface area contributed by atoms with Gasteiger partial charge in [0.2, 0.25) is 11.8 Å². The van der Waals surface area contributed by atoms with Crippen molar-refractivity contribution in [2.45, 2.75) is 12.8 Å². The predicted octanol–water partition coefficient (Wildman–Crippen LogP) is 1.52. The molecule has 2 aromatic heterocycles. The fraction of sp³-hybridized carbons (Fsp3) is 0.250. The quantitative estimate of drug-likeness (QED) is 0.805. The zero-order chi connectivity index (χ0) is 11.8. The van der Waals surface area contributed by atoms with Gasteiger partial charge in [0.15, 0.2) is 5.65 Å². The molecule has 3 rings (SSSR count).